The van der Waals surface area contributed by atoms with Gasteiger partial charge in [0.15, 0.2) is 29.3 Å². The zero-order valence-corrected chi connectivity index (χ0v) is 34.9. The van der Waals surface area contributed by atoms with Gasteiger partial charge in [0.05, 0.1) is 31.6 Å². The minimum absolute atomic E-state index is 0.0123. The van der Waals surface area contributed by atoms with Crippen LogP contribution in [-0.4, -0.2) is 142 Å². The van der Waals surface area contributed by atoms with Crippen LogP contribution < -0.4 is 20.4 Å². The molecule has 0 bridgehead atoms. The number of aryl methyl sites for hydroxylation is 1. The third kappa shape index (κ3) is 10.1. The first-order valence-electron chi connectivity index (χ1n) is 20.9. The van der Waals surface area contributed by atoms with Crippen LogP contribution in [-0.2, 0) is 20.8 Å². The summed E-state index contributed by atoms with van der Waals surface area (Å²) in [6, 6.07) is 24.0. The number of carbonyl (C=O) groups excluding carboxylic acids is 1. The van der Waals surface area contributed by atoms with Crippen LogP contribution in [0.1, 0.15) is 58.9 Å². The van der Waals surface area contributed by atoms with Crippen molar-refractivity contribution in [3.8, 4) is 0 Å². The number of rotatable bonds is 12. The second kappa shape index (κ2) is 19.5. The molecule has 20 nitrogen and oxygen atoms in total. The van der Waals surface area contributed by atoms with Gasteiger partial charge in [-0.1, -0.05) is 60.7 Å². The lowest BCUT2D eigenvalue weighted by atomic mass is 9.91. The number of carbonyl (C=O) groups is 2. The number of aliphatic carboxylic acids is 1. The number of ether oxygens (including phenoxy) is 2. The average Bonchev–Trinajstić information content (AvgIpc) is 4.15. The number of fused-ring (bicyclic) bond motifs is 1. The molecule has 1 amide bonds. The molecule has 7 heterocycles. The zero-order chi connectivity index (χ0) is 45.7. The number of morpholine rings is 1. The van der Waals surface area contributed by atoms with E-state index in [0.717, 1.165) is 30.0 Å². The van der Waals surface area contributed by atoms with E-state index in [1.54, 1.807) is 16.8 Å². The number of nitrogens with zero attached hydrogens (tertiary/aromatic N) is 11. The molecule has 65 heavy (non-hydrogen) atoms. The Morgan fingerprint density at radius 3 is 2.22 bits per heavy atom. The van der Waals surface area contributed by atoms with E-state index in [1.165, 1.54) is 11.1 Å². The summed E-state index contributed by atoms with van der Waals surface area (Å²) in [4.78, 5) is 47.1. The maximum Gasteiger partial charge on any atom is 0.490 e. The summed E-state index contributed by atoms with van der Waals surface area (Å²) in [6.45, 7) is 6.73. The molecule has 0 unspecified atom stereocenters. The van der Waals surface area contributed by atoms with Crippen molar-refractivity contribution in [3.63, 3.8) is 0 Å². The fourth-order valence-corrected chi connectivity index (χ4v) is 7.79. The monoisotopic (exact) mass is 901 g/mol. The van der Waals surface area contributed by atoms with E-state index in [9.17, 15) is 28.2 Å². The Morgan fingerprint density at radius 1 is 0.908 bits per heavy atom. The van der Waals surface area contributed by atoms with Crippen molar-refractivity contribution in [2.75, 3.05) is 61.1 Å². The molecule has 4 aromatic heterocycles. The van der Waals surface area contributed by atoms with Crippen LogP contribution in [0.15, 0.2) is 85.3 Å². The molecule has 3 saturated heterocycles. The first-order chi connectivity index (χ1) is 31.4. The average molecular weight is 902 g/mol. The largest absolute Gasteiger partial charge is 0.490 e. The summed E-state index contributed by atoms with van der Waals surface area (Å²) in [5.74, 6) is -1.08. The third-order valence-corrected chi connectivity index (χ3v) is 11.2. The second-order valence-corrected chi connectivity index (χ2v) is 15.4. The fourth-order valence-electron chi connectivity index (χ4n) is 7.79. The predicted octanol–water partition coefficient (Wildman–Crippen LogP) is 2.94. The van der Waals surface area contributed by atoms with Crippen LogP contribution in [0.25, 0.3) is 11.2 Å². The summed E-state index contributed by atoms with van der Waals surface area (Å²) >= 11 is 0. The van der Waals surface area contributed by atoms with E-state index in [-0.39, 0.29) is 23.7 Å². The van der Waals surface area contributed by atoms with Crippen molar-refractivity contribution in [2.45, 2.75) is 62.6 Å². The Balaban J connectivity index is 0.000000763. The minimum Gasteiger partial charge on any atom is -0.475 e. The number of halogens is 3. The Kier molecular flexibility index (Phi) is 13.4. The van der Waals surface area contributed by atoms with Crippen molar-refractivity contribution in [1.82, 2.24) is 50.0 Å². The van der Waals surface area contributed by atoms with Gasteiger partial charge in [0, 0.05) is 50.9 Å². The molecule has 2 aromatic carbocycles. The number of aromatic nitrogens is 9. The first kappa shape index (κ1) is 44.8. The molecule has 0 aliphatic carbocycles. The molecule has 0 spiro atoms. The summed E-state index contributed by atoms with van der Waals surface area (Å²) in [7, 11) is 0. The molecular formula is C42H46F3N13O7. The van der Waals surface area contributed by atoms with Crippen LogP contribution >= 0.6 is 0 Å². The van der Waals surface area contributed by atoms with Gasteiger partial charge in [-0.25, -0.2) is 14.8 Å². The molecule has 3 aliphatic heterocycles. The highest BCUT2D eigenvalue weighted by molar-refractivity contribution is 5.94. The molecule has 3 fully saturated rings. The van der Waals surface area contributed by atoms with E-state index >= 15 is 0 Å². The highest BCUT2D eigenvalue weighted by atomic mass is 19.4. The van der Waals surface area contributed by atoms with Crippen molar-refractivity contribution in [1.29, 1.82) is 0 Å². The number of carboxylic acids is 1. The van der Waals surface area contributed by atoms with Gasteiger partial charge in [-0.15, -0.1) is 10.2 Å². The number of carboxylic acid groups (broad SMARTS) is 1. The van der Waals surface area contributed by atoms with Crippen LogP contribution in [0.2, 0.25) is 0 Å². The number of nitrogens with one attached hydrogen (secondary N) is 2. The number of tetrazole rings is 1. The van der Waals surface area contributed by atoms with Gasteiger partial charge in [-0.05, 0) is 41.8 Å². The van der Waals surface area contributed by atoms with Crippen LogP contribution in [0.4, 0.5) is 30.8 Å². The van der Waals surface area contributed by atoms with E-state index in [0.29, 0.717) is 74.3 Å². The lowest BCUT2D eigenvalue weighted by Gasteiger charge is -2.27. The van der Waals surface area contributed by atoms with E-state index in [1.807, 2.05) is 54.3 Å². The number of aliphatic hydroxyl groups is 2. The topological polar surface area (TPSA) is 244 Å². The normalized spacial score (nSPS) is 21.1. The molecule has 23 heteroatoms. The molecule has 9 rings (SSSR count). The summed E-state index contributed by atoms with van der Waals surface area (Å²) in [5, 5.41) is 48.7. The predicted molar refractivity (Wildman–Crippen MR) is 226 cm³/mol. The second-order valence-electron chi connectivity index (χ2n) is 15.4. The number of benzene rings is 2. The lowest BCUT2D eigenvalue weighted by molar-refractivity contribution is -0.192. The van der Waals surface area contributed by atoms with Crippen LogP contribution in [0, 0.1) is 0 Å². The smallest absolute Gasteiger partial charge is 0.475 e. The minimum atomic E-state index is -5.08. The summed E-state index contributed by atoms with van der Waals surface area (Å²) in [6.07, 6.45) is -6.04. The van der Waals surface area contributed by atoms with Crippen molar-refractivity contribution in [2.24, 2.45) is 0 Å². The SMILES string of the molecule is CCn1nnc([C@H]2O[C@@H](n3cnc4c(NCC(c5ccccc5)c5ccccc5)nc(N5CC[C@@H](NC(=O)c6ccc(N7CCOCC7)nc6)C5)nc43)[C@H](O)[C@@H]2O)n1.O=C(O)C(F)(F)F. The summed E-state index contributed by atoms with van der Waals surface area (Å²) < 4.78 is 45.0. The van der Waals surface area contributed by atoms with Crippen molar-refractivity contribution < 1.29 is 47.6 Å². The Bertz CT molecular complexity index is 2510. The number of amides is 1. The molecule has 5 atom stereocenters. The van der Waals surface area contributed by atoms with Gasteiger partial charge < -0.3 is 45.2 Å². The number of hydrogen-bond acceptors (Lipinski definition) is 16. The number of hydrogen-bond donors (Lipinski definition) is 5. The molecular weight excluding hydrogens is 856 g/mol. The highest BCUT2D eigenvalue weighted by Gasteiger charge is 2.47. The molecule has 0 radical (unpaired) electrons. The van der Waals surface area contributed by atoms with Gasteiger partial charge in [0.25, 0.3) is 5.91 Å². The standard InChI is InChI=1S/C40H45N13O5.C2HF3O2/c1-2-53-48-36(47-49-53)34-32(54)33(55)39(58-34)52-24-43-31-35(42-22-29(25-9-5-3-6-10-25)26-11-7-4-8-12-26)45-40(46-37(31)52)51-16-15-28(23-51)44-38(56)27-13-14-30(41-21-27)50-17-19-57-20-18-50;3-2(4,5)1(6)7/h3-14,21,24,28-29,32-34,39,54-55H,2,15-20,22-23H2,1H3,(H,44,56)(H,42,45,46);(H,6,7)/t28-,32+,33-,34+,39-;/m1./s1. The fraction of sp³-hybridized carbons (Fsp3) is 0.405. The Morgan fingerprint density at radius 2 is 1.60 bits per heavy atom. The van der Waals surface area contributed by atoms with E-state index in [4.69, 9.17) is 34.3 Å². The van der Waals surface area contributed by atoms with Gasteiger partial charge in [-0.3, -0.25) is 9.36 Å². The Hall–Kier alpha value is -6.82. The first-order valence-corrected chi connectivity index (χ1v) is 20.9. The third-order valence-electron chi connectivity index (χ3n) is 11.2. The van der Waals surface area contributed by atoms with Gasteiger partial charge in [-0.2, -0.15) is 27.9 Å². The molecule has 6 aromatic rings. The van der Waals surface area contributed by atoms with Crippen LogP contribution in [0.3, 0.4) is 0 Å². The molecule has 0 saturated carbocycles. The van der Waals surface area contributed by atoms with E-state index < -0.39 is 36.7 Å². The molecule has 3 aliphatic rings. The van der Waals surface area contributed by atoms with Gasteiger partial charge >= 0.3 is 12.1 Å². The lowest BCUT2D eigenvalue weighted by Crippen LogP contribution is -2.38. The van der Waals surface area contributed by atoms with Gasteiger partial charge in [0.1, 0.15) is 18.0 Å². The number of imidazole rings is 1. The number of aliphatic hydroxyl groups excluding tert-OH is 2. The van der Waals surface area contributed by atoms with Gasteiger partial charge in [0.2, 0.25) is 11.8 Å². The number of anilines is 3. The number of pyridine rings is 1. The van der Waals surface area contributed by atoms with Crippen molar-refractivity contribution >= 4 is 40.6 Å². The number of alkyl halides is 3. The van der Waals surface area contributed by atoms with Crippen molar-refractivity contribution in [3.05, 3.63) is 108 Å². The maximum atomic E-state index is 13.4. The van der Waals surface area contributed by atoms with E-state index in [2.05, 4.69) is 60.2 Å². The zero-order valence-electron chi connectivity index (χ0n) is 34.9. The summed E-state index contributed by atoms with van der Waals surface area (Å²) in [5.41, 5.74) is 3.61. The Labute approximate surface area is 369 Å². The molecule has 342 valence electrons. The van der Waals surface area contributed by atoms with Crippen LogP contribution in [0.5, 0.6) is 0 Å². The molecule has 5 N–H and O–H groups in total. The highest BCUT2D eigenvalue weighted by Crippen LogP contribution is 2.39. The quantitative estimate of drug-likeness (QED) is 0.119. The maximum absolute atomic E-state index is 13.4.